The molecule has 190 valence electrons. The van der Waals surface area contributed by atoms with Crippen molar-refractivity contribution in [3.05, 3.63) is 93.6 Å². The molecule has 9 heteroatoms. The molecule has 0 atom stereocenters. The molecular weight excluding hydrogens is 495 g/mol. The standard InChI is InChI=1S/C28H25FN2O5S/c1-17-8-10-22(18(2)12-17)30-26(32)16-36-23-11-9-19(13-24(23)35-3)14-25-27(33)31(28(34)37-25)15-20-6-4-5-7-21(20)29/h4-14H,15-16H2,1-3H3,(H,30,32)/b25-14-. The number of rotatable bonds is 8. The van der Waals surface area contributed by atoms with Crippen LogP contribution in [0.1, 0.15) is 22.3 Å². The van der Waals surface area contributed by atoms with E-state index in [0.29, 0.717) is 22.7 Å². The fourth-order valence-electron chi connectivity index (χ4n) is 3.76. The second-order valence-corrected chi connectivity index (χ2v) is 9.42. The Balaban J connectivity index is 1.42. The van der Waals surface area contributed by atoms with Crippen LogP contribution in [0, 0.1) is 19.7 Å². The molecule has 1 heterocycles. The average Bonchev–Trinajstić information content (AvgIpc) is 3.13. The van der Waals surface area contributed by atoms with Gasteiger partial charge in [0.2, 0.25) is 0 Å². The minimum atomic E-state index is -0.499. The smallest absolute Gasteiger partial charge is 0.293 e. The Bertz CT molecular complexity index is 1410. The highest BCUT2D eigenvalue weighted by Gasteiger charge is 2.35. The SMILES string of the molecule is COc1cc(/C=C2\SC(=O)N(Cc3ccccc3F)C2=O)ccc1OCC(=O)Nc1ccc(C)cc1C. The zero-order valence-corrected chi connectivity index (χ0v) is 21.4. The maximum atomic E-state index is 14.0. The Morgan fingerprint density at radius 1 is 1.05 bits per heavy atom. The topological polar surface area (TPSA) is 84.9 Å². The lowest BCUT2D eigenvalue weighted by Gasteiger charge is -2.13. The van der Waals surface area contributed by atoms with E-state index in [1.807, 2.05) is 32.0 Å². The highest BCUT2D eigenvalue weighted by atomic mass is 32.2. The summed E-state index contributed by atoms with van der Waals surface area (Å²) < 4.78 is 25.0. The minimum absolute atomic E-state index is 0.144. The van der Waals surface area contributed by atoms with Gasteiger partial charge in [-0.05, 0) is 67.1 Å². The Hall–Kier alpha value is -4.11. The average molecular weight is 521 g/mol. The van der Waals surface area contributed by atoms with Crippen LogP contribution in [0.4, 0.5) is 14.9 Å². The van der Waals surface area contributed by atoms with E-state index in [1.54, 1.807) is 36.4 Å². The third kappa shape index (κ3) is 6.18. The summed E-state index contributed by atoms with van der Waals surface area (Å²) in [5.74, 6) is -0.586. The largest absolute Gasteiger partial charge is 0.493 e. The van der Waals surface area contributed by atoms with E-state index < -0.39 is 17.0 Å². The Labute approximate surface area is 218 Å². The lowest BCUT2D eigenvalue weighted by Crippen LogP contribution is -2.27. The zero-order valence-electron chi connectivity index (χ0n) is 20.5. The molecule has 0 aromatic heterocycles. The predicted molar refractivity (Wildman–Crippen MR) is 141 cm³/mol. The van der Waals surface area contributed by atoms with Crippen molar-refractivity contribution in [2.24, 2.45) is 0 Å². The lowest BCUT2D eigenvalue weighted by molar-refractivity contribution is -0.123. The van der Waals surface area contributed by atoms with Crippen LogP contribution in [0.25, 0.3) is 6.08 Å². The van der Waals surface area contributed by atoms with Crippen molar-refractivity contribution in [3.63, 3.8) is 0 Å². The zero-order chi connectivity index (χ0) is 26.5. The van der Waals surface area contributed by atoms with E-state index in [9.17, 15) is 18.8 Å². The molecule has 3 amide bonds. The molecule has 0 saturated carbocycles. The van der Waals surface area contributed by atoms with Crippen molar-refractivity contribution in [3.8, 4) is 11.5 Å². The second-order valence-electron chi connectivity index (χ2n) is 8.42. The first kappa shape index (κ1) is 26.0. The van der Waals surface area contributed by atoms with Gasteiger partial charge in [-0.25, -0.2) is 4.39 Å². The number of imide groups is 1. The van der Waals surface area contributed by atoms with Crippen LogP contribution in [-0.4, -0.2) is 35.7 Å². The molecule has 1 fully saturated rings. The van der Waals surface area contributed by atoms with Gasteiger partial charge in [0.15, 0.2) is 18.1 Å². The quantitative estimate of drug-likeness (QED) is 0.383. The van der Waals surface area contributed by atoms with E-state index in [4.69, 9.17) is 9.47 Å². The predicted octanol–water partition coefficient (Wildman–Crippen LogP) is 5.71. The highest BCUT2D eigenvalue weighted by Crippen LogP contribution is 2.35. The van der Waals surface area contributed by atoms with Crippen molar-refractivity contribution in [1.29, 1.82) is 0 Å². The van der Waals surface area contributed by atoms with Crippen molar-refractivity contribution < 1.29 is 28.2 Å². The first-order valence-electron chi connectivity index (χ1n) is 11.4. The van der Waals surface area contributed by atoms with Gasteiger partial charge in [0.25, 0.3) is 17.1 Å². The number of anilines is 1. The highest BCUT2D eigenvalue weighted by molar-refractivity contribution is 8.18. The monoisotopic (exact) mass is 520 g/mol. The summed E-state index contributed by atoms with van der Waals surface area (Å²) >= 11 is 0.787. The van der Waals surface area contributed by atoms with Crippen molar-refractivity contribution in [2.75, 3.05) is 19.0 Å². The fourth-order valence-corrected chi connectivity index (χ4v) is 4.60. The van der Waals surface area contributed by atoms with Gasteiger partial charge in [0, 0.05) is 11.3 Å². The van der Waals surface area contributed by atoms with Gasteiger partial charge in [-0.15, -0.1) is 0 Å². The summed E-state index contributed by atoms with van der Waals surface area (Å²) in [6.45, 7) is 3.53. The van der Waals surface area contributed by atoms with E-state index in [2.05, 4.69) is 5.32 Å². The Kier molecular flexibility index (Phi) is 7.93. The van der Waals surface area contributed by atoms with Crippen LogP contribution in [0.15, 0.2) is 65.6 Å². The number of methoxy groups -OCH3 is 1. The molecule has 3 aromatic rings. The molecule has 3 aromatic carbocycles. The molecule has 0 radical (unpaired) electrons. The molecule has 1 saturated heterocycles. The second kappa shape index (κ2) is 11.3. The first-order chi connectivity index (χ1) is 17.7. The van der Waals surface area contributed by atoms with Crippen LogP contribution in [0.5, 0.6) is 11.5 Å². The molecule has 1 N–H and O–H groups in total. The number of hydrogen-bond acceptors (Lipinski definition) is 6. The molecule has 4 rings (SSSR count). The van der Waals surface area contributed by atoms with E-state index in [-0.39, 0.29) is 29.5 Å². The van der Waals surface area contributed by atoms with Crippen molar-refractivity contribution >= 4 is 40.6 Å². The van der Waals surface area contributed by atoms with Crippen LogP contribution < -0.4 is 14.8 Å². The van der Waals surface area contributed by atoms with Crippen LogP contribution >= 0.6 is 11.8 Å². The number of thioether (sulfide) groups is 1. The number of hydrogen-bond donors (Lipinski definition) is 1. The molecular formula is C28H25FN2O5S. The maximum Gasteiger partial charge on any atom is 0.293 e. The number of carbonyl (C=O) groups excluding carboxylic acids is 3. The van der Waals surface area contributed by atoms with Gasteiger partial charge in [0.05, 0.1) is 18.6 Å². The van der Waals surface area contributed by atoms with E-state index in [0.717, 1.165) is 27.8 Å². The molecule has 1 aliphatic rings. The third-order valence-corrected chi connectivity index (χ3v) is 6.57. The van der Waals surface area contributed by atoms with Gasteiger partial charge < -0.3 is 14.8 Å². The summed E-state index contributed by atoms with van der Waals surface area (Å²) in [7, 11) is 1.46. The molecule has 0 aliphatic carbocycles. The number of halogens is 1. The molecule has 0 unspecified atom stereocenters. The minimum Gasteiger partial charge on any atom is -0.493 e. The Morgan fingerprint density at radius 2 is 1.84 bits per heavy atom. The Morgan fingerprint density at radius 3 is 2.57 bits per heavy atom. The van der Waals surface area contributed by atoms with Crippen molar-refractivity contribution in [2.45, 2.75) is 20.4 Å². The van der Waals surface area contributed by atoms with Crippen LogP contribution in [0.2, 0.25) is 0 Å². The van der Waals surface area contributed by atoms with Gasteiger partial charge in [-0.3, -0.25) is 19.3 Å². The number of carbonyl (C=O) groups is 3. The third-order valence-electron chi connectivity index (χ3n) is 5.66. The van der Waals surface area contributed by atoms with E-state index >= 15 is 0 Å². The van der Waals surface area contributed by atoms with Crippen molar-refractivity contribution in [1.82, 2.24) is 4.90 Å². The molecule has 7 nitrogen and oxygen atoms in total. The van der Waals surface area contributed by atoms with Gasteiger partial charge in [-0.1, -0.05) is 42.0 Å². The number of amides is 3. The summed E-state index contributed by atoms with van der Waals surface area (Å²) in [4.78, 5) is 38.8. The van der Waals surface area contributed by atoms with Gasteiger partial charge in [-0.2, -0.15) is 0 Å². The summed E-state index contributed by atoms with van der Waals surface area (Å²) in [6, 6.07) is 16.7. The maximum absolute atomic E-state index is 14.0. The van der Waals surface area contributed by atoms with Crippen LogP contribution in [-0.2, 0) is 16.1 Å². The number of nitrogens with zero attached hydrogens (tertiary/aromatic N) is 1. The molecule has 0 spiro atoms. The summed E-state index contributed by atoms with van der Waals surface area (Å²) in [6.07, 6.45) is 1.56. The number of aryl methyl sites for hydroxylation is 2. The van der Waals surface area contributed by atoms with Crippen LogP contribution in [0.3, 0.4) is 0 Å². The van der Waals surface area contributed by atoms with Gasteiger partial charge >= 0.3 is 0 Å². The molecule has 0 bridgehead atoms. The van der Waals surface area contributed by atoms with Gasteiger partial charge in [0.1, 0.15) is 5.82 Å². The lowest BCUT2D eigenvalue weighted by atomic mass is 10.1. The van der Waals surface area contributed by atoms with E-state index in [1.165, 1.54) is 19.2 Å². The first-order valence-corrected chi connectivity index (χ1v) is 12.2. The number of nitrogens with one attached hydrogen (secondary N) is 1. The summed E-state index contributed by atoms with van der Waals surface area (Å²) in [5, 5.41) is 2.35. The number of ether oxygens (including phenoxy) is 2. The number of benzene rings is 3. The normalized spacial score (nSPS) is 14.3. The molecule has 1 aliphatic heterocycles. The molecule has 37 heavy (non-hydrogen) atoms. The fraction of sp³-hybridized carbons (Fsp3) is 0.179. The summed E-state index contributed by atoms with van der Waals surface area (Å²) in [5.41, 5.74) is 3.63.